The third-order valence-corrected chi connectivity index (χ3v) is 5.55. The van der Waals surface area contributed by atoms with E-state index in [1.807, 2.05) is 13.8 Å². The van der Waals surface area contributed by atoms with E-state index in [-0.39, 0.29) is 16.1 Å². The highest BCUT2D eigenvalue weighted by molar-refractivity contribution is 6.68. The van der Waals surface area contributed by atoms with E-state index in [4.69, 9.17) is 58.0 Å². The highest BCUT2D eigenvalue weighted by atomic mass is 35.6. The van der Waals surface area contributed by atoms with Crippen LogP contribution in [0.2, 0.25) is 0 Å². The first-order valence-corrected chi connectivity index (χ1v) is 9.87. The first-order chi connectivity index (χ1) is 12.7. The maximum Gasteiger partial charge on any atom is 0.418 e. The number of benzene rings is 1. The average Bonchev–Trinajstić information content (AvgIpc) is 3.04. The molecule has 28 heavy (non-hydrogen) atoms. The number of anilines is 1. The minimum Gasteiger partial charge on any atom is -0.361 e. The zero-order chi connectivity index (χ0) is 21.5. The second kappa shape index (κ2) is 8.31. The van der Waals surface area contributed by atoms with Crippen molar-refractivity contribution in [3.8, 4) is 0 Å². The van der Waals surface area contributed by atoms with Gasteiger partial charge in [-0.3, -0.25) is 4.79 Å². The largest absolute Gasteiger partial charge is 0.418 e. The summed E-state index contributed by atoms with van der Waals surface area (Å²) in [5, 5.41) is 4.95. The summed E-state index contributed by atoms with van der Waals surface area (Å²) in [6, 6.07) is 4.68. The van der Waals surface area contributed by atoms with Gasteiger partial charge in [-0.2, -0.15) is 13.2 Å². The molecule has 0 aromatic heterocycles. The Morgan fingerprint density at radius 1 is 1.18 bits per heavy atom. The highest BCUT2D eigenvalue weighted by Crippen LogP contribution is 2.59. The maximum absolute atomic E-state index is 13.2. The van der Waals surface area contributed by atoms with Crippen molar-refractivity contribution in [2.24, 2.45) is 17.3 Å². The number of nitrogens with one attached hydrogen (secondary N) is 2. The molecule has 1 aliphatic carbocycles. The summed E-state index contributed by atoms with van der Waals surface area (Å²) in [5.74, 6) is -1.29. The Balaban J connectivity index is 2.24. The van der Waals surface area contributed by atoms with Crippen molar-refractivity contribution in [2.75, 3.05) is 5.32 Å². The number of amides is 1. The Kier molecular flexibility index (Phi) is 7.04. The molecule has 0 bridgehead atoms. The predicted octanol–water partition coefficient (Wildman–Crippen LogP) is 6.52. The minimum atomic E-state index is -4.63. The van der Waals surface area contributed by atoms with Gasteiger partial charge in [0.1, 0.15) is 10.7 Å². The average molecular weight is 499 g/mol. The quantitative estimate of drug-likeness (QED) is 0.358. The zero-order valence-corrected chi connectivity index (χ0v) is 18.3. The first-order valence-electron chi connectivity index (χ1n) is 7.98. The van der Waals surface area contributed by atoms with Crippen LogP contribution in [-0.2, 0) is 11.0 Å². The monoisotopic (exact) mass is 496 g/mol. The third kappa shape index (κ3) is 5.54. The number of hydrogen-bond acceptors (Lipinski definition) is 2. The molecule has 1 fully saturated rings. The highest BCUT2D eigenvalue weighted by Gasteiger charge is 2.61. The molecule has 2 N–H and O–H groups in total. The van der Waals surface area contributed by atoms with Crippen LogP contribution < -0.4 is 10.6 Å². The molecule has 1 amide bonds. The molecule has 0 unspecified atom stereocenters. The summed E-state index contributed by atoms with van der Waals surface area (Å²) >= 11 is 29.0. The molecule has 1 saturated carbocycles. The molecule has 11 heteroatoms. The van der Waals surface area contributed by atoms with E-state index < -0.39 is 38.9 Å². The molecule has 0 spiro atoms. The summed E-state index contributed by atoms with van der Waals surface area (Å²) in [6.45, 7) is 3.65. The number of alkyl halides is 6. The maximum atomic E-state index is 13.2. The van der Waals surface area contributed by atoms with Crippen LogP contribution >= 0.6 is 58.0 Å². The van der Waals surface area contributed by atoms with Crippen LogP contribution in [-0.4, -0.2) is 15.9 Å². The molecular formula is C17H16Cl5F3N2O. The van der Waals surface area contributed by atoms with Gasteiger partial charge in [-0.05, 0) is 29.5 Å². The van der Waals surface area contributed by atoms with Crippen molar-refractivity contribution in [1.29, 1.82) is 0 Å². The van der Waals surface area contributed by atoms with E-state index in [2.05, 4.69) is 10.6 Å². The molecule has 0 aliphatic heterocycles. The second-order valence-electron chi connectivity index (χ2n) is 6.95. The van der Waals surface area contributed by atoms with Gasteiger partial charge in [0.15, 0.2) is 0 Å². The van der Waals surface area contributed by atoms with E-state index in [9.17, 15) is 18.0 Å². The summed E-state index contributed by atoms with van der Waals surface area (Å²) in [7, 11) is 0. The van der Waals surface area contributed by atoms with Crippen LogP contribution in [0.5, 0.6) is 0 Å². The lowest BCUT2D eigenvalue weighted by molar-refractivity contribution is -0.137. The SMILES string of the molecule is CC1(C)[C@@H](C=C(Cl)Cl)[C@@H]1C(=O)N[C@H](Nc1ccccc1C(F)(F)F)C(Cl)(Cl)Cl. The van der Waals surface area contributed by atoms with Gasteiger partial charge in [-0.1, -0.05) is 84.0 Å². The third-order valence-electron chi connectivity index (χ3n) is 4.64. The molecular weight excluding hydrogens is 482 g/mol. The lowest BCUT2D eigenvalue weighted by atomic mass is 10.1. The molecule has 1 aliphatic rings. The Morgan fingerprint density at radius 2 is 1.75 bits per heavy atom. The zero-order valence-electron chi connectivity index (χ0n) is 14.6. The van der Waals surface area contributed by atoms with Gasteiger partial charge >= 0.3 is 6.18 Å². The van der Waals surface area contributed by atoms with Gasteiger partial charge in [0.2, 0.25) is 9.70 Å². The lowest BCUT2D eigenvalue weighted by Crippen LogP contribution is -2.50. The summed E-state index contributed by atoms with van der Waals surface area (Å²) < 4.78 is 37.5. The van der Waals surface area contributed by atoms with Crippen LogP contribution in [0.15, 0.2) is 34.8 Å². The first kappa shape index (κ1) is 23.7. The molecule has 1 aromatic carbocycles. The Labute approximate surface area is 185 Å². The van der Waals surface area contributed by atoms with Gasteiger partial charge < -0.3 is 10.6 Å². The van der Waals surface area contributed by atoms with Gasteiger partial charge in [0.25, 0.3) is 0 Å². The molecule has 156 valence electrons. The van der Waals surface area contributed by atoms with Crippen molar-refractivity contribution in [3.05, 3.63) is 40.4 Å². The van der Waals surface area contributed by atoms with Gasteiger partial charge in [-0.15, -0.1) is 0 Å². The minimum absolute atomic E-state index is 0.0172. The van der Waals surface area contributed by atoms with E-state index >= 15 is 0 Å². The molecule has 3 atom stereocenters. The fourth-order valence-corrected chi connectivity index (χ4v) is 3.67. The van der Waals surface area contributed by atoms with Crippen LogP contribution in [0.1, 0.15) is 19.4 Å². The number of rotatable bonds is 5. The van der Waals surface area contributed by atoms with Crippen molar-refractivity contribution >= 4 is 69.6 Å². The second-order valence-corrected chi connectivity index (χ2v) is 10.3. The smallest absolute Gasteiger partial charge is 0.361 e. The molecule has 1 aromatic rings. The summed E-state index contributed by atoms with van der Waals surface area (Å²) in [6.07, 6.45) is -4.51. The van der Waals surface area contributed by atoms with Crippen molar-refractivity contribution < 1.29 is 18.0 Å². The molecule has 0 radical (unpaired) electrons. The van der Waals surface area contributed by atoms with Crippen molar-refractivity contribution in [2.45, 2.75) is 30.0 Å². The van der Waals surface area contributed by atoms with E-state index in [1.54, 1.807) is 0 Å². The molecule has 0 heterocycles. The molecule has 0 saturated heterocycles. The number of halogens is 8. The molecule has 2 rings (SSSR count). The fraction of sp³-hybridized carbons (Fsp3) is 0.471. The number of para-hydroxylation sites is 1. The number of carbonyl (C=O) groups excluding carboxylic acids is 1. The summed E-state index contributed by atoms with van der Waals surface area (Å²) in [5.41, 5.74) is -1.74. The van der Waals surface area contributed by atoms with Crippen LogP contribution in [0.4, 0.5) is 18.9 Å². The number of allylic oxidation sites excluding steroid dienone is 1. The normalized spacial score (nSPS) is 22.2. The van der Waals surface area contributed by atoms with Gasteiger partial charge in [-0.25, -0.2) is 0 Å². The van der Waals surface area contributed by atoms with Gasteiger partial charge in [0, 0.05) is 5.69 Å². The number of carbonyl (C=O) groups is 1. The van der Waals surface area contributed by atoms with E-state index in [0.717, 1.165) is 6.07 Å². The Bertz CT molecular complexity index is 773. The Hall–Kier alpha value is -0.530. The fourth-order valence-electron chi connectivity index (χ4n) is 3.07. The molecule has 3 nitrogen and oxygen atoms in total. The summed E-state index contributed by atoms with van der Waals surface area (Å²) in [4.78, 5) is 12.7. The van der Waals surface area contributed by atoms with Crippen molar-refractivity contribution in [1.82, 2.24) is 5.32 Å². The van der Waals surface area contributed by atoms with Crippen LogP contribution in [0, 0.1) is 17.3 Å². The van der Waals surface area contributed by atoms with Crippen LogP contribution in [0.25, 0.3) is 0 Å². The van der Waals surface area contributed by atoms with Gasteiger partial charge in [0.05, 0.1) is 11.5 Å². The standard InChI is InChI=1S/C17H16Cl5F3N2O/c1-15(2)9(7-11(18)19)12(15)13(28)27-14(16(20,21)22)26-10-6-4-3-5-8(10)17(23,24)25/h3-7,9,12,14,26H,1-2H3,(H,27,28)/t9-,12+,14-/m0/s1. The van der Waals surface area contributed by atoms with E-state index in [1.165, 1.54) is 24.3 Å². The van der Waals surface area contributed by atoms with E-state index in [0.29, 0.717) is 0 Å². The number of hydrogen-bond donors (Lipinski definition) is 2. The van der Waals surface area contributed by atoms with Crippen molar-refractivity contribution in [3.63, 3.8) is 0 Å². The van der Waals surface area contributed by atoms with Crippen LogP contribution in [0.3, 0.4) is 0 Å². The topological polar surface area (TPSA) is 41.1 Å². The Morgan fingerprint density at radius 3 is 2.25 bits per heavy atom. The predicted molar refractivity (Wildman–Crippen MR) is 108 cm³/mol. The lowest BCUT2D eigenvalue weighted by Gasteiger charge is -2.29.